The Labute approximate surface area is 118 Å². The summed E-state index contributed by atoms with van der Waals surface area (Å²) in [6.07, 6.45) is 2.90. The van der Waals surface area contributed by atoms with Gasteiger partial charge in [-0.15, -0.1) is 11.3 Å². The van der Waals surface area contributed by atoms with Gasteiger partial charge in [0.05, 0.1) is 8.58 Å². The van der Waals surface area contributed by atoms with Crippen LogP contribution in [0.5, 0.6) is 0 Å². The molecular weight excluding hydrogens is 347 g/mol. The first-order valence-electron chi connectivity index (χ1n) is 5.39. The Balaban J connectivity index is 2.30. The van der Waals surface area contributed by atoms with Crippen molar-refractivity contribution >= 4 is 39.7 Å². The molecule has 0 fully saturated rings. The van der Waals surface area contributed by atoms with E-state index in [-0.39, 0.29) is 0 Å². The Hall–Kier alpha value is -0.760. The molecule has 1 N–H and O–H groups in total. The fourth-order valence-electron chi connectivity index (χ4n) is 1.32. The SMILES string of the molecule is CCCNc1nc(-c2csc(C)n2)ncc1I. The van der Waals surface area contributed by atoms with Gasteiger partial charge in [0.2, 0.25) is 0 Å². The van der Waals surface area contributed by atoms with Crippen LogP contribution in [-0.2, 0) is 0 Å². The molecule has 17 heavy (non-hydrogen) atoms. The van der Waals surface area contributed by atoms with Crippen molar-refractivity contribution in [3.05, 3.63) is 20.2 Å². The Morgan fingerprint density at radius 1 is 1.41 bits per heavy atom. The monoisotopic (exact) mass is 360 g/mol. The Morgan fingerprint density at radius 2 is 2.24 bits per heavy atom. The molecule has 2 aromatic heterocycles. The molecule has 4 nitrogen and oxygen atoms in total. The molecule has 0 aliphatic heterocycles. The van der Waals surface area contributed by atoms with Crippen LogP contribution in [0.4, 0.5) is 5.82 Å². The van der Waals surface area contributed by atoms with E-state index in [2.05, 4.69) is 49.8 Å². The molecule has 90 valence electrons. The van der Waals surface area contributed by atoms with Gasteiger partial charge in [0.1, 0.15) is 11.5 Å². The summed E-state index contributed by atoms with van der Waals surface area (Å²) >= 11 is 3.85. The van der Waals surface area contributed by atoms with Crippen molar-refractivity contribution in [1.82, 2.24) is 15.0 Å². The van der Waals surface area contributed by atoms with Gasteiger partial charge < -0.3 is 5.32 Å². The molecule has 0 aromatic carbocycles. The van der Waals surface area contributed by atoms with Crippen LogP contribution in [0.25, 0.3) is 11.5 Å². The summed E-state index contributed by atoms with van der Waals surface area (Å²) in [6, 6.07) is 0. The van der Waals surface area contributed by atoms with Crippen molar-refractivity contribution in [2.24, 2.45) is 0 Å². The third-order valence-electron chi connectivity index (χ3n) is 2.13. The molecule has 0 saturated heterocycles. The lowest BCUT2D eigenvalue weighted by Crippen LogP contribution is -2.05. The van der Waals surface area contributed by atoms with E-state index < -0.39 is 0 Å². The Kier molecular flexibility index (Phi) is 4.27. The fraction of sp³-hybridized carbons (Fsp3) is 0.364. The van der Waals surface area contributed by atoms with Gasteiger partial charge in [-0.25, -0.2) is 15.0 Å². The first-order chi connectivity index (χ1) is 8.20. The van der Waals surface area contributed by atoms with Gasteiger partial charge in [0.25, 0.3) is 0 Å². The maximum absolute atomic E-state index is 4.51. The smallest absolute Gasteiger partial charge is 0.181 e. The molecule has 2 rings (SSSR count). The summed E-state index contributed by atoms with van der Waals surface area (Å²) in [5.74, 6) is 1.58. The van der Waals surface area contributed by atoms with Crippen LogP contribution in [0.1, 0.15) is 18.4 Å². The zero-order valence-corrected chi connectivity index (χ0v) is 12.7. The van der Waals surface area contributed by atoms with Gasteiger partial charge in [-0.1, -0.05) is 6.92 Å². The van der Waals surface area contributed by atoms with Crippen molar-refractivity contribution in [2.45, 2.75) is 20.3 Å². The quantitative estimate of drug-likeness (QED) is 0.850. The topological polar surface area (TPSA) is 50.7 Å². The van der Waals surface area contributed by atoms with Crippen LogP contribution in [-0.4, -0.2) is 21.5 Å². The molecule has 0 bridgehead atoms. The fourth-order valence-corrected chi connectivity index (χ4v) is 2.37. The number of anilines is 1. The minimum atomic E-state index is 0.688. The van der Waals surface area contributed by atoms with E-state index in [1.54, 1.807) is 11.3 Å². The van der Waals surface area contributed by atoms with Crippen molar-refractivity contribution < 1.29 is 0 Å². The average Bonchev–Trinajstić information content (AvgIpc) is 2.75. The maximum atomic E-state index is 4.51. The second kappa shape index (κ2) is 5.72. The van der Waals surface area contributed by atoms with Crippen LogP contribution >= 0.6 is 33.9 Å². The number of nitrogens with zero attached hydrogens (tertiary/aromatic N) is 3. The first-order valence-corrected chi connectivity index (χ1v) is 7.35. The number of thiazole rings is 1. The van der Waals surface area contributed by atoms with Crippen molar-refractivity contribution in [3.8, 4) is 11.5 Å². The van der Waals surface area contributed by atoms with Gasteiger partial charge in [-0.05, 0) is 35.9 Å². The molecule has 0 aliphatic carbocycles. The lowest BCUT2D eigenvalue weighted by atomic mass is 10.4. The van der Waals surface area contributed by atoms with E-state index >= 15 is 0 Å². The van der Waals surface area contributed by atoms with Crippen LogP contribution < -0.4 is 5.32 Å². The number of halogens is 1. The number of hydrogen-bond donors (Lipinski definition) is 1. The molecule has 6 heteroatoms. The molecule has 0 radical (unpaired) electrons. The molecule has 0 amide bonds. The average molecular weight is 360 g/mol. The minimum Gasteiger partial charge on any atom is -0.369 e. The Morgan fingerprint density at radius 3 is 2.88 bits per heavy atom. The number of rotatable bonds is 4. The molecule has 2 heterocycles. The maximum Gasteiger partial charge on any atom is 0.181 e. The first kappa shape index (κ1) is 12.7. The minimum absolute atomic E-state index is 0.688. The van der Waals surface area contributed by atoms with Gasteiger partial charge >= 0.3 is 0 Å². The van der Waals surface area contributed by atoms with E-state index in [9.17, 15) is 0 Å². The highest BCUT2D eigenvalue weighted by atomic mass is 127. The van der Waals surface area contributed by atoms with Crippen LogP contribution in [0, 0.1) is 10.5 Å². The van der Waals surface area contributed by atoms with Crippen LogP contribution in [0.15, 0.2) is 11.6 Å². The normalized spacial score (nSPS) is 10.5. The standard InChI is InChI=1S/C11H13IN4S/c1-3-4-13-10-8(12)5-14-11(16-10)9-6-17-7(2)15-9/h5-6H,3-4H2,1-2H3,(H,13,14,16). The zero-order chi connectivity index (χ0) is 12.3. The number of hydrogen-bond acceptors (Lipinski definition) is 5. The number of aromatic nitrogens is 3. The highest BCUT2D eigenvalue weighted by Gasteiger charge is 2.08. The summed E-state index contributed by atoms with van der Waals surface area (Å²) in [6.45, 7) is 5.03. The number of aryl methyl sites for hydroxylation is 1. The summed E-state index contributed by atoms with van der Waals surface area (Å²) in [4.78, 5) is 13.2. The van der Waals surface area contributed by atoms with Gasteiger partial charge in [0, 0.05) is 18.1 Å². The summed E-state index contributed by atoms with van der Waals surface area (Å²) in [5, 5.41) is 6.32. The van der Waals surface area contributed by atoms with E-state index in [1.807, 2.05) is 18.5 Å². The largest absolute Gasteiger partial charge is 0.369 e. The molecule has 0 spiro atoms. The molecule has 0 aliphatic rings. The summed E-state index contributed by atoms with van der Waals surface area (Å²) < 4.78 is 1.03. The van der Waals surface area contributed by atoms with Gasteiger partial charge in [0.15, 0.2) is 5.82 Å². The lowest BCUT2D eigenvalue weighted by molar-refractivity contribution is 0.962. The van der Waals surface area contributed by atoms with Gasteiger partial charge in [-0.2, -0.15) is 0 Å². The van der Waals surface area contributed by atoms with Crippen molar-refractivity contribution in [2.75, 3.05) is 11.9 Å². The highest BCUT2D eigenvalue weighted by molar-refractivity contribution is 14.1. The summed E-state index contributed by atoms with van der Waals surface area (Å²) in [5.41, 5.74) is 0.850. The third-order valence-corrected chi connectivity index (χ3v) is 3.70. The molecule has 0 unspecified atom stereocenters. The molecular formula is C11H13IN4S. The van der Waals surface area contributed by atoms with Crippen molar-refractivity contribution in [3.63, 3.8) is 0 Å². The zero-order valence-electron chi connectivity index (χ0n) is 9.70. The van der Waals surface area contributed by atoms with E-state index in [1.165, 1.54) is 0 Å². The van der Waals surface area contributed by atoms with Crippen molar-refractivity contribution in [1.29, 1.82) is 0 Å². The predicted molar refractivity (Wildman–Crippen MR) is 79.4 cm³/mol. The lowest BCUT2D eigenvalue weighted by Gasteiger charge is -2.06. The summed E-state index contributed by atoms with van der Waals surface area (Å²) in [7, 11) is 0. The molecule has 0 saturated carbocycles. The predicted octanol–water partition coefficient (Wildman–Crippen LogP) is 3.34. The van der Waals surface area contributed by atoms with Crippen LogP contribution in [0.2, 0.25) is 0 Å². The van der Waals surface area contributed by atoms with E-state index in [0.29, 0.717) is 5.82 Å². The Bertz CT molecular complexity index is 512. The molecule has 0 atom stereocenters. The van der Waals surface area contributed by atoms with E-state index in [0.717, 1.165) is 33.1 Å². The second-order valence-electron chi connectivity index (χ2n) is 3.57. The highest BCUT2D eigenvalue weighted by Crippen LogP contribution is 2.21. The van der Waals surface area contributed by atoms with E-state index in [4.69, 9.17) is 0 Å². The van der Waals surface area contributed by atoms with Crippen LogP contribution in [0.3, 0.4) is 0 Å². The molecule has 2 aromatic rings. The second-order valence-corrected chi connectivity index (χ2v) is 5.79. The number of nitrogens with one attached hydrogen (secondary N) is 1. The van der Waals surface area contributed by atoms with Gasteiger partial charge in [-0.3, -0.25) is 0 Å². The third kappa shape index (κ3) is 3.12.